The van der Waals surface area contributed by atoms with Crippen molar-refractivity contribution in [3.63, 3.8) is 0 Å². The molecule has 0 radical (unpaired) electrons. The lowest BCUT2D eigenvalue weighted by Gasteiger charge is -2.24. The first-order valence-electron chi connectivity index (χ1n) is 8.38. The topological polar surface area (TPSA) is 66.5 Å². The zero-order valence-corrected chi connectivity index (χ0v) is 17.2. The van der Waals surface area contributed by atoms with E-state index in [0.29, 0.717) is 17.5 Å². The second kappa shape index (κ2) is 10.2. The molecule has 1 atom stereocenters. The van der Waals surface area contributed by atoms with Gasteiger partial charge in [0.05, 0.1) is 17.0 Å². The third kappa shape index (κ3) is 7.42. The molecular formula is C17H26Cl2N2O3S. The highest BCUT2D eigenvalue weighted by molar-refractivity contribution is 7.92. The van der Waals surface area contributed by atoms with E-state index in [1.807, 2.05) is 0 Å². The minimum absolute atomic E-state index is 0.199. The van der Waals surface area contributed by atoms with Crippen molar-refractivity contribution in [2.45, 2.75) is 39.5 Å². The van der Waals surface area contributed by atoms with Crippen LogP contribution in [0.25, 0.3) is 0 Å². The fourth-order valence-electron chi connectivity index (χ4n) is 2.45. The van der Waals surface area contributed by atoms with Gasteiger partial charge in [0, 0.05) is 11.6 Å². The van der Waals surface area contributed by atoms with E-state index in [-0.39, 0.29) is 23.2 Å². The molecule has 0 unspecified atom stereocenters. The number of carbonyl (C=O) groups excluding carboxylic acids is 1. The fraction of sp³-hybridized carbons (Fsp3) is 0.588. The Bertz CT molecular complexity index is 680. The molecule has 25 heavy (non-hydrogen) atoms. The molecule has 5 nitrogen and oxygen atoms in total. The second-order valence-corrected chi connectivity index (χ2v) is 8.84. The first-order valence-corrected chi connectivity index (χ1v) is 11.0. The molecule has 1 rings (SSSR count). The van der Waals surface area contributed by atoms with E-state index >= 15 is 0 Å². The van der Waals surface area contributed by atoms with Crippen LogP contribution in [0.4, 0.5) is 5.69 Å². The molecule has 0 bridgehead atoms. The molecule has 8 heteroatoms. The lowest BCUT2D eigenvalue weighted by atomic mass is 9.99. The Hall–Kier alpha value is -0.980. The molecule has 0 saturated heterocycles. The molecule has 1 amide bonds. The number of sulfonamides is 1. The summed E-state index contributed by atoms with van der Waals surface area (Å²) in [6.07, 6.45) is 5.27. The summed E-state index contributed by atoms with van der Waals surface area (Å²) < 4.78 is 25.2. The van der Waals surface area contributed by atoms with Crippen molar-refractivity contribution in [2.24, 2.45) is 5.92 Å². The summed E-state index contributed by atoms with van der Waals surface area (Å²) in [4.78, 5) is 12.3. The van der Waals surface area contributed by atoms with Crippen LogP contribution >= 0.6 is 23.2 Å². The molecule has 1 aromatic rings. The molecular weight excluding hydrogens is 383 g/mol. The maximum absolute atomic E-state index is 12.3. The van der Waals surface area contributed by atoms with Crippen LogP contribution in [0, 0.1) is 5.92 Å². The molecule has 0 saturated carbocycles. The number of hydrogen-bond acceptors (Lipinski definition) is 3. The Morgan fingerprint density at radius 2 is 1.96 bits per heavy atom. The van der Waals surface area contributed by atoms with Gasteiger partial charge in [-0.1, -0.05) is 56.3 Å². The molecule has 1 aromatic carbocycles. The zero-order valence-electron chi connectivity index (χ0n) is 14.9. The van der Waals surface area contributed by atoms with Gasteiger partial charge in [0.25, 0.3) is 0 Å². The molecule has 0 aliphatic heterocycles. The van der Waals surface area contributed by atoms with Gasteiger partial charge >= 0.3 is 0 Å². The zero-order chi connectivity index (χ0) is 19.0. The Labute approximate surface area is 160 Å². The van der Waals surface area contributed by atoms with Gasteiger partial charge < -0.3 is 5.32 Å². The quantitative estimate of drug-likeness (QED) is 0.633. The molecule has 0 aliphatic rings. The molecule has 0 aromatic heterocycles. The van der Waals surface area contributed by atoms with Gasteiger partial charge in [-0.25, -0.2) is 8.42 Å². The average molecular weight is 409 g/mol. The standard InChI is InChI=1S/C17H26Cl2N2O3S/c1-4-6-7-13(5-2)11-20-17(22)12-21(25(3,23)24)16-10-14(18)8-9-15(16)19/h8-10,13H,4-7,11-12H2,1-3H3,(H,20,22)/t13-/m0/s1. The van der Waals surface area contributed by atoms with Crippen molar-refractivity contribution < 1.29 is 13.2 Å². The maximum Gasteiger partial charge on any atom is 0.240 e. The van der Waals surface area contributed by atoms with Crippen LogP contribution in [0.1, 0.15) is 39.5 Å². The van der Waals surface area contributed by atoms with Crippen LogP contribution in [0.3, 0.4) is 0 Å². The normalized spacial score (nSPS) is 12.7. The van der Waals surface area contributed by atoms with E-state index in [9.17, 15) is 13.2 Å². The summed E-state index contributed by atoms with van der Waals surface area (Å²) in [7, 11) is -3.68. The predicted molar refractivity (Wildman–Crippen MR) is 105 cm³/mol. The number of nitrogens with zero attached hydrogens (tertiary/aromatic N) is 1. The summed E-state index contributed by atoms with van der Waals surface area (Å²) in [6.45, 7) is 4.42. The lowest BCUT2D eigenvalue weighted by Crippen LogP contribution is -2.41. The molecule has 0 spiro atoms. The van der Waals surface area contributed by atoms with E-state index < -0.39 is 10.0 Å². The minimum Gasteiger partial charge on any atom is -0.354 e. The molecule has 0 fully saturated rings. The highest BCUT2D eigenvalue weighted by Crippen LogP contribution is 2.30. The summed E-state index contributed by atoms with van der Waals surface area (Å²) in [5, 5.41) is 3.39. The maximum atomic E-state index is 12.3. The number of nitrogens with one attached hydrogen (secondary N) is 1. The van der Waals surface area contributed by atoms with Crippen LogP contribution < -0.4 is 9.62 Å². The van der Waals surface area contributed by atoms with E-state index in [0.717, 1.165) is 36.2 Å². The number of carbonyl (C=O) groups is 1. The highest BCUT2D eigenvalue weighted by Gasteiger charge is 2.23. The van der Waals surface area contributed by atoms with Crippen molar-refractivity contribution in [2.75, 3.05) is 23.7 Å². The van der Waals surface area contributed by atoms with Crippen LogP contribution in [-0.4, -0.2) is 33.7 Å². The summed E-state index contributed by atoms with van der Waals surface area (Å²) in [6, 6.07) is 4.51. The second-order valence-electron chi connectivity index (χ2n) is 6.09. The van der Waals surface area contributed by atoms with Crippen molar-refractivity contribution in [1.82, 2.24) is 5.32 Å². The number of hydrogen-bond donors (Lipinski definition) is 1. The summed E-state index contributed by atoms with van der Waals surface area (Å²) >= 11 is 12.0. The number of unbranched alkanes of at least 4 members (excludes halogenated alkanes) is 1. The first kappa shape index (κ1) is 22.1. The monoisotopic (exact) mass is 408 g/mol. The molecule has 0 heterocycles. The van der Waals surface area contributed by atoms with Gasteiger partial charge in [-0.05, 0) is 30.5 Å². The van der Waals surface area contributed by atoms with Gasteiger partial charge in [0.2, 0.25) is 15.9 Å². The average Bonchev–Trinajstić information content (AvgIpc) is 2.54. The molecule has 1 N–H and O–H groups in total. The number of amides is 1. The van der Waals surface area contributed by atoms with E-state index in [1.165, 1.54) is 12.1 Å². The molecule has 0 aliphatic carbocycles. The van der Waals surface area contributed by atoms with Gasteiger partial charge in [0.1, 0.15) is 6.54 Å². The van der Waals surface area contributed by atoms with Crippen molar-refractivity contribution >= 4 is 44.8 Å². The van der Waals surface area contributed by atoms with Gasteiger partial charge in [0.15, 0.2) is 0 Å². The van der Waals surface area contributed by atoms with Crippen LogP contribution in [-0.2, 0) is 14.8 Å². The minimum atomic E-state index is -3.68. The van der Waals surface area contributed by atoms with Crippen molar-refractivity contribution in [3.05, 3.63) is 28.2 Å². The van der Waals surface area contributed by atoms with Crippen LogP contribution in [0.5, 0.6) is 0 Å². The molecule has 142 valence electrons. The largest absolute Gasteiger partial charge is 0.354 e. The first-order chi connectivity index (χ1) is 11.7. The van der Waals surface area contributed by atoms with Crippen molar-refractivity contribution in [3.8, 4) is 0 Å². The highest BCUT2D eigenvalue weighted by atomic mass is 35.5. The van der Waals surface area contributed by atoms with E-state index in [4.69, 9.17) is 23.2 Å². The third-order valence-corrected chi connectivity index (χ3v) is 5.68. The summed E-state index contributed by atoms with van der Waals surface area (Å²) in [5.74, 6) is 0.0294. The van der Waals surface area contributed by atoms with E-state index in [1.54, 1.807) is 6.07 Å². The van der Waals surface area contributed by atoms with Gasteiger partial charge in [-0.3, -0.25) is 9.10 Å². The Morgan fingerprint density at radius 3 is 2.52 bits per heavy atom. The summed E-state index contributed by atoms with van der Waals surface area (Å²) in [5.41, 5.74) is 0.199. The van der Waals surface area contributed by atoms with E-state index in [2.05, 4.69) is 19.2 Å². The smallest absolute Gasteiger partial charge is 0.240 e. The number of anilines is 1. The SMILES string of the molecule is CCCC[C@H](CC)CNC(=O)CN(c1cc(Cl)ccc1Cl)S(C)(=O)=O. The van der Waals surface area contributed by atoms with Crippen LogP contribution in [0.15, 0.2) is 18.2 Å². The number of benzene rings is 1. The van der Waals surface area contributed by atoms with Gasteiger partial charge in [-0.2, -0.15) is 0 Å². The Balaban J connectivity index is 2.83. The van der Waals surface area contributed by atoms with Gasteiger partial charge in [-0.15, -0.1) is 0 Å². The number of rotatable bonds is 10. The third-order valence-electron chi connectivity index (χ3n) is 4.00. The Morgan fingerprint density at radius 1 is 1.28 bits per heavy atom. The Kier molecular flexibility index (Phi) is 9.03. The van der Waals surface area contributed by atoms with Crippen molar-refractivity contribution in [1.29, 1.82) is 0 Å². The van der Waals surface area contributed by atoms with Crippen LogP contribution in [0.2, 0.25) is 10.0 Å². The fourth-order valence-corrected chi connectivity index (χ4v) is 3.74. The lowest BCUT2D eigenvalue weighted by molar-refractivity contribution is -0.119. The number of halogens is 2. The predicted octanol–water partition coefficient (Wildman–Crippen LogP) is 4.09.